The maximum atomic E-state index is 13.5. The molecule has 0 aliphatic rings. The molecule has 154 valence electrons. The number of rotatable bonds is 9. The maximum Gasteiger partial charge on any atom is 0.338 e. The van der Waals surface area contributed by atoms with Gasteiger partial charge in [0.15, 0.2) is 6.61 Å². The molecule has 2 N–H and O–H groups in total. The zero-order chi connectivity index (χ0) is 21.1. The van der Waals surface area contributed by atoms with Crippen LogP contribution in [0.15, 0.2) is 48.5 Å². The molecule has 0 radical (unpaired) electrons. The second-order valence-corrected chi connectivity index (χ2v) is 6.14. The molecule has 2 rings (SSSR count). The summed E-state index contributed by atoms with van der Waals surface area (Å²) in [5, 5.41) is 0. The van der Waals surface area contributed by atoms with Gasteiger partial charge in [0.25, 0.3) is 11.8 Å². The van der Waals surface area contributed by atoms with Crippen LogP contribution in [0, 0.1) is 5.82 Å². The number of hydrogen-bond acceptors (Lipinski definition) is 5. The number of unbranched alkanes of at least 4 members (excludes halogenated alkanes) is 2. The first-order valence-corrected chi connectivity index (χ1v) is 9.25. The highest BCUT2D eigenvalue weighted by atomic mass is 19.1. The summed E-state index contributed by atoms with van der Waals surface area (Å²) in [5.74, 6) is -2.36. The summed E-state index contributed by atoms with van der Waals surface area (Å²) in [6, 6.07) is 11.7. The molecule has 29 heavy (non-hydrogen) atoms. The van der Waals surface area contributed by atoms with Crippen LogP contribution in [0.1, 0.15) is 46.9 Å². The highest BCUT2D eigenvalue weighted by Crippen LogP contribution is 2.13. The van der Waals surface area contributed by atoms with Gasteiger partial charge in [0.1, 0.15) is 11.6 Å². The third-order valence-corrected chi connectivity index (χ3v) is 3.87. The molecule has 0 aromatic heterocycles. The Morgan fingerprint density at radius 3 is 2.38 bits per heavy atom. The molecular weight excluding hydrogens is 379 g/mol. The number of nitrogens with one attached hydrogen (secondary N) is 2. The standard InChI is InChI=1S/C21H23FN2O5/c1-2-3-6-13-28-16-11-9-15(10-12-16)21(27)29-14-19(25)23-24-20(26)17-7-4-5-8-18(17)22/h4-5,7-12H,2-3,6,13-14H2,1H3,(H,23,25)(H,24,26). The fourth-order valence-electron chi connectivity index (χ4n) is 2.32. The van der Waals surface area contributed by atoms with Crippen molar-refractivity contribution in [1.82, 2.24) is 10.9 Å². The van der Waals surface area contributed by atoms with Gasteiger partial charge in [-0.25, -0.2) is 9.18 Å². The van der Waals surface area contributed by atoms with Gasteiger partial charge in [-0.1, -0.05) is 31.9 Å². The van der Waals surface area contributed by atoms with Crippen molar-refractivity contribution in [3.63, 3.8) is 0 Å². The topological polar surface area (TPSA) is 93.7 Å². The van der Waals surface area contributed by atoms with Crippen LogP contribution in [-0.2, 0) is 9.53 Å². The maximum absolute atomic E-state index is 13.5. The van der Waals surface area contributed by atoms with Crippen LogP contribution in [0.3, 0.4) is 0 Å². The first-order valence-electron chi connectivity index (χ1n) is 9.25. The quantitative estimate of drug-likeness (QED) is 0.382. The number of carbonyl (C=O) groups is 3. The molecule has 8 heteroatoms. The van der Waals surface area contributed by atoms with Gasteiger partial charge in [-0.2, -0.15) is 0 Å². The summed E-state index contributed by atoms with van der Waals surface area (Å²) < 4.78 is 23.9. The Morgan fingerprint density at radius 2 is 1.69 bits per heavy atom. The summed E-state index contributed by atoms with van der Waals surface area (Å²) in [6.45, 7) is 2.11. The van der Waals surface area contributed by atoms with Gasteiger partial charge >= 0.3 is 5.97 Å². The zero-order valence-electron chi connectivity index (χ0n) is 16.1. The molecule has 2 amide bonds. The number of amides is 2. The Morgan fingerprint density at radius 1 is 0.966 bits per heavy atom. The predicted molar refractivity (Wildman–Crippen MR) is 104 cm³/mol. The molecule has 0 spiro atoms. The van der Waals surface area contributed by atoms with Crippen LogP contribution in [0.25, 0.3) is 0 Å². The van der Waals surface area contributed by atoms with Gasteiger partial charge in [0.05, 0.1) is 17.7 Å². The average Bonchev–Trinajstić information content (AvgIpc) is 2.74. The highest BCUT2D eigenvalue weighted by Gasteiger charge is 2.13. The molecule has 0 fully saturated rings. The molecule has 0 unspecified atom stereocenters. The van der Waals surface area contributed by atoms with Crippen LogP contribution in [0.5, 0.6) is 5.75 Å². The van der Waals surface area contributed by atoms with E-state index in [2.05, 4.69) is 17.8 Å². The highest BCUT2D eigenvalue weighted by molar-refractivity contribution is 5.96. The second-order valence-electron chi connectivity index (χ2n) is 6.14. The minimum atomic E-state index is -0.822. The molecule has 7 nitrogen and oxygen atoms in total. The van der Waals surface area contributed by atoms with Crippen molar-refractivity contribution in [2.75, 3.05) is 13.2 Å². The Labute approximate surface area is 168 Å². The largest absolute Gasteiger partial charge is 0.494 e. The molecule has 0 atom stereocenters. The summed E-state index contributed by atoms with van der Waals surface area (Å²) in [6.07, 6.45) is 3.16. The summed E-state index contributed by atoms with van der Waals surface area (Å²) in [7, 11) is 0. The van der Waals surface area contributed by atoms with Crippen molar-refractivity contribution in [1.29, 1.82) is 0 Å². The third kappa shape index (κ3) is 7.25. The average molecular weight is 402 g/mol. The van der Waals surface area contributed by atoms with Crippen LogP contribution < -0.4 is 15.6 Å². The molecule has 0 heterocycles. The summed E-state index contributed by atoms with van der Waals surface area (Å²) in [5.41, 5.74) is 4.15. The van der Waals surface area contributed by atoms with Crippen molar-refractivity contribution in [2.24, 2.45) is 0 Å². The van der Waals surface area contributed by atoms with Crippen LogP contribution >= 0.6 is 0 Å². The molecule has 2 aromatic rings. The number of hydrazine groups is 1. The third-order valence-electron chi connectivity index (χ3n) is 3.87. The molecule has 0 aliphatic carbocycles. The molecule has 0 saturated carbocycles. The molecular formula is C21H23FN2O5. The van der Waals surface area contributed by atoms with E-state index in [0.29, 0.717) is 12.4 Å². The van der Waals surface area contributed by atoms with Gasteiger partial charge in [-0.05, 0) is 42.8 Å². The van der Waals surface area contributed by atoms with Gasteiger partial charge in [0, 0.05) is 0 Å². The van der Waals surface area contributed by atoms with E-state index in [1.807, 2.05) is 0 Å². The van der Waals surface area contributed by atoms with Gasteiger partial charge in [-0.15, -0.1) is 0 Å². The van der Waals surface area contributed by atoms with E-state index in [1.165, 1.54) is 30.3 Å². The van der Waals surface area contributed by atoms with E-state index >= 15 is 0 Å². The van der Waals surface area contributed by atoms with Gasteiger partial charge < -0.3 is 9.47 Å². The summed E-state index contributed by atoms with van der Waals surface area (Å²) in [4.78, 5) is 35.5. The van der Waals surface area contributed by atoms with Crippen molar-refractivity contribution in [2.45, 2.75) is 26.2 Å². The zero-order valence-corrected chi connectivity index (χ0v) is 16.1. The Bertz CT molecular complexity index is 839. The lowest BCUT2D eigenvalue weighted by Crippen LogP contribution is -2.43. The molecule has 2 aromatic carbocycles. The van der Waals surface area contributed by atoms with E-state index in [0.717, 1.165) is 25.3 Å². The van der Waals surface area contributed by atoms with E-state index in [9.17, 15) is 18.8 Å². The summed E-state index contributed by atoms with van der Waals surface area (Å²) >= 11 is 0. The lowest BCUT2D eigenvalue weighted by Gasteiger charge is -2.09. The van der Waals surface area contributed by atoms with Crippen molar-refractivity contribution in [3.05, 3.63) is 65.5 Å². The number of carbonyl (C=O) groups excluding carboxylic acids is 3. The van der Waals surface area contributed by atoms with E-state index in [-0.39, 0.29) is 11.1 Å². The smallest absolute Gasteiger partial charge is 0.338 e. The first-order chi connectivity index (χ1) is 14.0. The number of ether oxygens (including phenoxy) is 2. The minimum absolute atomic E-state index is 0.221. The lowest BCUT2D eigenvalue weighted by atomic mass is 10.2. The van der Waals surface area contributed by atoms with Gasteiger partial charge in [0.2, 0.25) is 0 Å². The van der Waals surface area contributed by atoms with E-state index in [1.54, 1.807) is 12.1 Å². The predicted octanol–water partition coefficient (Wildman–Crippen LogP) is 3.01. The fraction of sp³-hybridized carbons (Fsp3) is 0.286. The number of halogens is 1. The van der Waals surface area contributed by atoms with E-state index < -0.39 is 30.2 Å². The fourth-order valence-corrected chi connectivity index (χ4v) is 2.32. The Kier molecular flexibility index (Phi) is 8.62. The number of hydrogen-bond donors (Lipinski definition) is 2. The van der Waals surface area contributed by atoms with Crippen molar-refractivity contribution < 1.29 is 28.2 Å². The molecule has 0 saturated heterocycles. The Hall–Kier alpha value is -3.42. The number of benzene rings is 2. The molecule has 0 aliphatic heterocycles. The first kappa shape index (κ1) is 21.9. The molecule has 0 bridgehead atoms. The van der Waals surface area contributed by atoms with Crippen LogP contribution in [0.4, 0.5) is 4.39 Å². The van der Waals surface area contributed by atoms with Crippen LogP contribution in [-0.4, -0.2) is 31.0 Å². The van der Waals surface area contributed by atoms with Crippen molar-refractivity contribution in [3.8, 4) is 5.75 Å². The Balaban J connectivity index is 1.73. The van der Waals surface area contributed by atoms with Crippen molar-refractivity contribution >= 4 is 17.8 Å². The SMILES string of the molecule is CCCCCOc1ccc(C(=O)OCC(=O)NNC(=O)c2ccccc2F)cc1. The van der Waals surface area contributed by atoms with Gasteiger partial charge in [-0.3, -0.25) is 20.4 Å². The lowest BCUT2D eigenvalue weighted by molar-refractivity contribution is -0.125. The normalized spacial score (nSPS) is 10.1. The second kappa shape index (κ2) is 11.4. The van der Waals surface area contributed by atoms with E-state index in [4.69, 9.17) is 9.47 Å². The minimum Gasteiger partial charge on any atom is -0.494 e. The monoisotopic (exact) mass is 402 g/mol. The number of esters is 1. The van der Waals surface area contributed by atoms with Crippen LogP contribution in [0.2, 0.25) is 0 Å².